The van der Waals surface area contributed by atoms with E-state index in [-0.39, 0.29) is 0 Å². The van der Waals surface area contributed by atoms with Gasteiger partial charge in [-0.15, -0.1) is 0 Å². The second-order valence-corrected chi connectivity index (χ2v) is 8.69. The minimum Gasteiger partial charge on any atom is -0.0914 e. The van der Waals surface area contributed by atoms with Crippen molar-refractivity contribution in [2.24, 2.45) is 17.8 Å². The zero-order valence-electron chi connectivity index (χ0n) is 15.7. The van der Waals surface area contributed by atoms with Gasteiger partial charge in [-0.2, -0.15) is 0 Å². The van der Waals surface area contributed by atoms with Crippen molar-refractivity contribution in [1.82, 2.24) is 0 Å². The SMILES string of the molecule is C/C=C/C1CCC2CC(c3ccc(-c4ccc(Cl)cc4)cc3)CCC2C1. The van der Waals surface area contributed by atoms with Crippen LogP contribution in [0.15, 0.2) is 60.7 Å². The third-order valence-electron chi connectivity index (χ3n) is 6.68. The topological polar surface area (TPSA) is 0 Å². The molecule has 2 aromatic rings. The molecule has 2 saturated carbocycles. The molecule has 0 spiro atoms. The first kappa shape index (κ1) is 17.9. The molecule has 0 amide bonds. The molecule has 0 saturated heterocycles. The Morgan fingerprint density at radius 3 is 2.08 bits per heavy atom. The van der Waals surface area contributed by atoms with E-state index in [0.717, 1.165) is 28.7 Å². The number of fused-ring (bicyclic) bond motifs is 1. The highest BCUT2D eigenvalue weighted by Gasteiger charge is 2.35. The van der Waals surface area contributed by atoms with E-state index < -0.39 is 0 Å². The molecule has 2 aliphatic carbocycles. The Balaban J connectivity index is 1.42. The van der Waals surface area contributed by atoms with Crippen LogP contribution in [0.4, 0.5) is 0 Å². The van der Waals surface area contributed by atoms with Gasteiger partial charge in [0.25, 0.3) is 0 Å². The number of rotatable bonds is 3. The van der Waals surface area contributed by atoms with Crippen molar-refractivity contribution in [2.75, 3.05) is 0 Å². The molecule has 4 atom stereocenters. The van der Waals surface area contributed by atoms with Crippen LogP contribution >= 0.6 is 11.6 Å². The monoisotopic (exact) mass is 364 g/mol. The van der Waals surface area contributed by atoms with Gasteiger partial charge in [0.2, 0.25) is 0 Å². The van der Waals surface area contributed by atoms with Crippen molar-refractivity contribution in [1.29, 1.82) is 0 Å². The number of halogens is 1. The molecule has 0 radical (unpaired) electrons. The lowest BCUT2D eigenvalue weighted by Gasteiger charge is -2.41. The maximum atomic E-state index is 6.00. The molecule has 0 heterocycles. The molecule has 4 rings (SSSR count). The van der Waals surface area contributed by atoms with Gasteiger partial charge in [-0.3, -0.25) is 0 Å². The summed E-state index contributed by atoms with van der Waals surface area (Å²) in [5.74, 6) is 3.52. The molecule has 136 valence electrons. The largest absolute Gasteiger partial charge is 0.0914 e. The lowest BCUT2D eigenvalue weighted by Crippen LogP contribution is -2.30. The molecule has 1 heteroatoms. The highest BCUT2D eigenvalue weighted by Crippen LogP contribution is 2.47. The molecular weight excluding hydrogens is 336 g/mol. The van der Waals surface area contributed by atoms with E-state index in [0.29, 0.717) is 0 Å². The lowest BCUT2D eigenvalue weighted by molar-refractivity contribution is 0.133. The molecular formula is C25H29Cl. The average molecular weight is 365 g/mol. The summed E-state index contributed by atoms with van der Waals surface area (Å²) >= 11 is 6.00. The van der Waals surface area contributed by atoms with Crippen LogP contribution in [0.25, 0.3) is 11.1 Å². The van der Waals surface area contributed by atoms with Crippen molar-refractivity contribution < 1.29 is 0 Å². The molecule has 2 aromatic carbocycles. The van der Waals surface area contributed by atoms with Crippen molar-refractivity contribution in [3.8, 4) is 11.1 Å². The van der Waals surface area contributed by atoms with Crippen molar-refractivity contribution in [2.45, 2.75) is 51.4 Å². The number of hydrogen-bond donors (Lipinski definition) is 0. The van der Waals surface area contributed by atoms with Gasteiger partial charge in [-0.05, 0) is 97.9 Å². The predicted octanol–water partition coefficient (Wildman–Crippen LogP) is 7.88. The fourth-order valence-corrected chi connectivity index (χ4v) is 5.39. The summed E-state index contributed by atoms with van der Waals surface area (Å²) in [5, 5.41) is 0.797. The summed E-state index contributed by atoms with van der Waals surface area (Å²) < 4.78 is 0. The Kier molecular flexibility index (Phi) is 5.50. The Hall–Kier alpha value is -1.53. The molecule has 2 aliphatic rings. The van der Waals surface area contributed by atoms with Crippen LogP contribution < -0.4 is 0 Å². The van der Waals surface area contributed by atoms with Crippen LogP contribution in [0, 0.1) is 17.8 Å². The smallest absolute Gasteiger partial charge is 0.0406 e. The second kappa shape index (κ2) is 8.01. The van der Waals surface area contributed by atoms with Gasteiger partial charge < -0.3 is 0 Å². The van der Waals surface area contributed by atoms with E-state index in [1.54, 1.807) is 0 Å². The van der Waals surface area contributed by atoms with Crippen LogP contribution in [0.2, 0.25) is 5.02 Å². The summed E-state index contributed by atoms with van der Waals surface area (Å²) in [4.78, 5) is 0. The quantitative estimate of drug-likeness (QED) is 0.486. The van der Waals surface area contributed by atoms with Crippen LogP contribution in [0.1, 0.15) is 56.9 Å². The van der Waals surface area contributed by atoms with Crippen LogP contribution in [-0.2, 0) is 0 Å². The summed E-state index contributed by atoms with van der Waals surface area (Å²) in [7, 11) is 0. The van der Waals surface area contributed by atoms with E-state index in [1.165, 1.54) is 55.2 Å². The first-order valence-electron chi connectivity index (χ1n) is 10.2. The minimum atomic E-state index is 0.758. The van der Waals surface area contributed by atoms with Gasteiger partial charge in [-0.1, -0.05) is 60.2 Å². The molecule has 26 heavy (non-hydrogen) atoms. The fourth-order valence-electron chi connectivity index (χ4n) is 5.27. The van der Waals surface area contributed by atoms with Gasteiger partial charge in [0.05, 0.1) is 0 Å². The Bertz CT molecular complexity index is 741. The predicted molar refractivity (Wildman–Crippen MR) is 113 cm³/mol. The van der Waals surface area contributed by atoms with Gasteiger partial charge in [0.1, 0.15) is 0 Å². The van der Waals surface area contributed by atoms with Gasteiger partial charge in [0, 0.05) is 5.02 Å². The van der Waals surface area contributed by atoms with E-state index in [9.17, 15) is 0 Å². The fraction of sp³-hybridized carbons (Fsp3) is 0.440. The normalized spacial score (nSPS) is 28.8. The zero-order chi connectivity index (χ0) is 17.9. The van der Waals surface area contributed by atoms with E-state index >= 15 is 0 Å². The van der Waals surface area contributed by atoms with Crippen LogP contribution in [0.5, 0.6) is 0 Å². The molecule has 0 aromatic heterocycles. The lowest BCUT2D eigenvalue weighted by atomic mass is 9.64. The Morgan fingerprint density at radius 1 is 0.769 bits per heavy atom. The second-order valence-electron chi connectivity index (χ2n) is 8.26. The van der Waals surface area contributed by atoms with E-state index in [1.807, 2.05) is 12.1 Å². The third kappa shape index (κ3) is 3.91. The minimum absolute atomic E-state index is 0.758. The van der Waals surface area contributed by atoms with Crippen LogP contribution in [0.3, 0.4) is 0 Å². The highest BCUT2D eigenvalue weighted by molar-refractivity contribution is 6.30. The highest BCUT2D eigenvalue weighted by atomic mass is 35.5. The number of hydrogen-bond acceptors (Lipinski definition) is 0. The van der Waals surface area contributed by atoms with E-state index in [4.69, 9.17) is 11.6 Å². The summed E-state index contributed by atoms with van der Waals surface area (Å²) in [6, 6.07) is 17.4. The molecule has 0 N–H and O–H groups in total. The summed E-state index contributed by atoms with van der Waals surface area (Å²) in [6.45, 7) is 2.16. The zero-order valence-corrected chi connectivity index (χ0v) is 16.5. The maximum Gasteiger partial charge on any atom is 0.0406 e. The van der Waals surface area contributed by atoms with Crippen LogP contribution in [-0.4, -0.2) is 0 Å². The Labute approximate surface area is 163 Å². The number of allylic oxidation sites excluding steroid dienone is 2. The van der Waals surface area contributed by atoms with Gasteiger partial charge >= 0.3 is 0 Å². The first-order chi connectivity index (χ1) is 12.7. The summed E-state index contributed by atoms with van der Waals surface area (Å²) in [5.41, 5.74) is 4.06. The van der Waals surface area contributed by atoms with E-state index in [2.05, 4.69) is 55.5 Å². The average Bonchev–Trinajstić information content (AvgIpc) is 2.69. The first-order valence-corrected chi connectivity index (χ1v) is 10.6. The van der Waals surface area contributed by atoms with Gasteiger partial charge in [-0.25, -0.2) is 0 Å². The molecule has 4 unspecified atom stereocenters. The molecule has 2 fully saturated rings. The maximum absolute atomic E-state index is 6.00. The van der Waals surface area contributed by atoms with Crippen molar-refractivity contribution in [3.63, 3.8) is 0 Å². The van der Waals surface area contributed by atoms with Gasteiger partial charge in [0.15, 0.2) is 0 Å². The molecule has 0 nitrogen and oxygen atoms in total. The summed E-state index contributed by atoms with van der Waals surface area (Å²) in [6.07, 6.45) is 13.1. The van der Waals surface area contributed by atoms with Crippen molar-refractivity contribution in [3.05, 3.63) is 71.3 Å². The number of benzene rings is 2. The standard InChI is InChI=1S/C25H29Cl/c1-2-3-18-4-5-24-17-23(11-10-22(24)16-18)21-8-6-19(7-9-21)20-12-14-25(26)15-13-20/h2-3,6-9,12-15,18,22-24H,4-5,10-11,16-17H2,1H3/b3-2+. The molecule has 0 bridgehead atoms. The van der Waals surface area contributed by atoms with Crippen molar-refractivity contribution >= 4 is 11.6 Å². The third-order valence-corrected chi connectivity index (χ3v) is 6.93. The Morgan fingerprint density at radius 2 is 1.38 bits per heavy atom. The molecule has 0 aliphatic heterocycles.